The van der Waals surface area contributed by atoms with Gasteiger partial charge in [-0.1, -0.05) is 24.3 Å². The third-order valence-electron chi connectivity index (χ3n) is 4.80. The Morgan fingerprint density at radius 1 is 0.828 bits per heavy atom. The van der Waals surface area contributed by atoms with Crippen molar-refractivity contribution in [3.8, 4) is 0 Å². The van der Waals surface area contributed by atoms with Crippen molar-refractivity contribution in [1.82, 2.24) is 9.80 Å². The average Bonchev–Trinajstić information content (AvgIpc) is 2.72. The first-order valence-electron chi connectivity index (χ1n) is 9.39. The number of amides is 2. The molecule has 29 heavy (non-hydrogen) atoms. The molecule has 0 aromatic heterocycles. The van der Waals surface area contributed by atoms with Crippen molar-refractivity contribution in [2.45, 2.75) is 13.0 Å². The third-order valence-corrected chi connectivity index (χ3v) is 4.80. The predicted molar refractivity (Wildman–Crippen MR) is 109 cm³/mol. The maximum Gasteiger partial charge on any atom is 0.246 e. The molecule has 6 heteroatoms. The molecule has 1 saturated heterocycles. The van der Waals surface area contributed by atoms with Crippen molar-refractivity contribution in [2.24, 2.45) is 0 Å². The Morgan fingerprint density at radius 3 is 1.79 bits per heavy atom. The van der Waals surface area contributed by atoms with Crippen molar-refractivity contribution in [3.63, 3.8) is 0 Å². The summed E-state index contributed by atoms with van der Waals surface area (Å²) in [6.45, 7) is 3.20. The van der Waals surface area contributed by atoms with E-state index in [1.54, 1.807) is 46.2 Å². The maximum atomic E-state index is 12.9. The highest BCUT2D eigenvalue weighted by molar-refractivity contribution is 5.93. The lowest BCUT2D eigenvalue weighted by Crippen LogP contribution is -2.54. The molecule has 1 atom stereocenters. The van der Waals surface area contributed by atoms with Crippen LogP contribution >= 0.6 is 0 Å². The summed E-state index contributed by atoms with van der Waals surface area (Å²) in [6, 6.07) is 11.7. The topological polar surface area (TPSA) is 40.6 Å². The molecule has 0 saturated carbocycles. The van der Waals surface area contributed by atoms with Gasteiger partial charge in [-0.25, -0.2) is 8.78 Å². The molecule has 1 heterocycles. The van der Waals surface area contributed by atoms with E-state index < -0.39 is 0 Å². The number of halogens is 2. The van der Waals surface area contributed by atoms with Gasteiger partial charge in [0.05, 0.1) is 0 Å². The van der Waals surface area contributed by atoms with E-state index in [4.69, 9.17) is 0 Å². The van der Waals surface area contributed by atoms with Crippen molar-refractivity contribution in [1.29, 1.82) is 0 Å². The fraction of sp³-hybridized carbons (Fsp3) is 0.217. The van der Waals surface area contributed by atoms with Gasteiger partial charge in [-0.15, -0.1) is 0 Å². The first kappa shape index (κ1) is 20.5. The monoisotopic (exact) mass is 396 g/mol. The second-order valence-corrected chi connectivity index (χ2v) is 6.93. The van der Waals surface area contributed by atoms with Crippen LogP contribution in [-0.2, 0) is 9.59 Å². The smallest absolute Gasteiger partial charge is 0.246 e. The van der Waals surface area contributed by atoms with Gasteiger partial charge in [-0.05, 0) is 54.5 Å². The molecule has 1 fully saturated rings. The van der Waals surface area contributed by atoms with Gasteiger partial charge >= 0.3 is 0 Å². The van der Waals surface area contributed by atoms with E-state index in [0.717, 1.165) is 11.1 Å². The van der Waals surface area contributed by atoms with E-state index in [0.29, 0.717) is 19.6 Å². The zero-order valence-electron chi connectivity index (χ0n) is 16.1. The molecule has 2 amide bonds. The van der Waals surface area contributed by atoms with Crippen molar-refractivity contribution < 1.29 is 18.4 Å². The Morgan fingerprint density at radius 2 is 1.31 bits per heavy atom. The fourth-order valence-corrected chi connectivity index (χ4v) is 3.17. The highest BCUT2D eigenvalue weighted by Crippen LogP contribution is 2.13. The van der Waals surface area contributed by atoms with E-state index in [1.807, 2.05) is 6.92 Å². The van der Waals surface area contributed by atoms with Crippen LogP contribution in [0.1, 0.15) is 18.1 Å². The van der Waals surface area contributed by atoms with Crippen LogP contribution in [0.3, 0.4) is 0 Å². The van der Waals surface area contributed by atoms with Gasteiger partial charge in [0, 0.05) is 37.8 Å². The molecule has 0 spiro atoms. The van der Waals surface area contributed by atoms with Crippen LogP contribution < -0.4 is 0 Å². The Balaban J connectivity index is 1.55. The lowest BCUT2D eigenvalue weighted by atomic mass is 10.1. The summed E-state index contributed by atoms with van der Waals surface area (Å²) in [5.41, 5.74) is 1.49. The molecule has 1 aliphatic rings. The maximum absolute atomic E-state index is 12.9. The fourth-order valence-electron chi connectivity index (χ4n) is 3.17. The molecule has 1 aliphatic heterocycles. The van der Waals surface area contributed by atoms with Gasteiger partial charge < -0.3 is 9.80 Å². The van der Waals surface area contributed by atoms with Gasteiger partial charge in [0.1, 0.15) is 11.6 Å². The summed E-state index contributed by atoms with van der Waals surface area (Å²) in [5, 5.41) is 0. The van der Waals surface area contributed by atoms with Crippen LogP contribution in [0.5, 0.6) is 0 Å². The molecule has 0 radical (unpaired) electrons. The molecule has 3 rings (SSSR count). The minimum Gasteiger partial charge on any atom is -0.335 e. The summed E-state index contributed by atoms with van der Waals surface area (Å²) in [6.07, 6.45) is 6.23. The number of benzene rings is 2. The zero-order chi connectivity index (χ0) is 20.8. The van der Waals surface area contributed by atoms with Gasteiger partial charge in [0.15, 0.2) is 0 Å². The van der Waals surface area contributed by atoms with Crippen LogP contribution in [-0.4, -0.2) is 47.3 Å². The number of hydrogen-bond acceptors (Lipinski definition) is 2. The Kier molecular flexibility index (Phi) is 6.54. The highest BCUT2D eigenvalue weighted by atomic mass is 19.1. The average molecular weight is 396 g/mol. The van der Waals surface area contributed by atoms with Crippen LogP contribution in [0.2, 0.25) is 0 Å². The van der Waals surface area contributed by atoms with Gasteiger partial charge in [0.2, 0.25) is 11.8 Å². The Bertz CT molecular complexity index is 921. The van der Waals surface area contributed by atoms with E-state index in [9.17, 15) is 18.4 Å². The van der Waals surface area contributed by atoms with E-state index in [-0.39, 0.29) is 29.5 Å². The van der Waals surface area contributed by atoms with Crippen LogP contribution in [0.15, 0.2) is 60.7 Å². The largest absolute Gasteiger partial charge is 0.335 e. The standard InChI is InChI=1S/C23H22F2N2O2/c1-17-16-26(22(28)12-6-18-2-8-20(24)9-3-18)14-15-27(17)23(29)13-7-19-4-10-21(25)11-5-19/h2-13,17H,14-16H2,1H3/b12-6+,13-7+/t17-/m0/s1. The molecular weight excluding hydrogens is 374 g/mol. The summed E-state index contributed by atoms with van der Waals surface area (Å²) >= 11 is 0. The van der Waals surface area contributed by atoms with Gasteiger partial charge in [-0.3, -0.25) is 9.59 Å². The lowest BCUT2D eigenvalue weighted by molar-refractivity contribution is -0.136. The van der Waals surface area contributed by atoms with Crippen LogP contribution in [0.4, 0.5) is 8.78 Å². The molecule has 0 unspecified atom stereocenters. The lowest BCUT2D eigenvalue weighted by Gasteiger charge is -2.39. The van der Waals surface area contributed by atoms with E-state index >= 15 is 0 Å². The quantitative estimate of drug-likeness (QED) is 0.739. The van der Waals surface area contributed by atoms with Gasteiger partial charge in [0.25, 0.3) is 0 Å². The Labute approximate surface area is 168 Å². The molecule has 4 nitrogen and oxygen atoms in total. The van der Waals surface area contributed by atoms with E-state index in [2.05, 4.69) is 0 Å². The van der Waals surface area contributed by atoms with Crippen LogP contribution in [0, 0.1) is 11.6 Å². The number of carbonyl (C=O) groups is 2. The van der Waals surface area contributed by atoms with Crippen molar-refractivity contribution in [2.75, 3.05) is 19.6 Å². The minimum atomic E-state index is -0.323. The number of nitrogens with zero attached hydrogens (tertiary/aromatic N) is 2. The number of rotatable bonds is 4. The molecule has 0 aliphatic carbocycles. The van der Waals surface area contributed by atoms with Crippen LogP contribution in [0.25, 0.3) is 12.2 Å². The summed E-state index contributed by atoms with van der Waals surface area (Å²) in [5.74, 6) is -0.932. The normalized spacial score (nSPS) is 17.3. The van der Waals surface area contributed by atoms with E-state index in [1.165, 1.54) is 36.4 Å². The second kappa shape index (κ2) is 9.28. The molecule has 150 valence electrons. The SMILES string of the molecule is C[C@H]1CN(C(=O)/C=C/c2ccc(F)cc2)CCN1C(=O)/C=C/c1ccc(F)cc1. The predicted octanol–water partition coefficient (Wildman–Crippen LogP) is 3.75. The molecule has 0 N–H and O–H groups in total. The number of piperazine rings is 1. The Hall–Kier alpha value is -3.28. The number of hydrogen-bond donors (Lipinski definition) is 0. The third kappa shape index (κ3) is 5.60. The summed E-state index contributed by atoms with van der Waals surface area (Å²) in [7, 11) is 0. The summed E-state index contributed by atoms with van der Waals surface area (Å²) < 4.78 is 25.9. The first-order chi connectivity index (χ1) is 13.9. The zero-order valence-corrected chi connectivity index (χ0v) is 16.1. The minimum absolute atomic E-state index is 0.128. The van der Waals surface area contributed by atoms with Crippen molar-refractivity contribution in [3.05, 3.63) is 83.4 Å². The second-order valence-electron chi connectivity index (χ2n) is 6.93. The number of carbonyl (C=O) groups excluding carboxylic acids is 2. The molecule has 2 aromatic rings. The molecular formula is C23H22F2N2O2. The highest BCUT2D eigenvalue weighted by Gasteiger charge is 2.27. The van der Waals surface area contributed by atoms with Gasteiger partial charge in [-0.2, -0.15) is 0 Å². The molecule has 0 bridgehead atoms. The first-order valence-corrected chi connectivity index (χ1v) is 9.39. The molecule has 2 aromatic carbocycles. The summed E-state index contributed by atoms with van der Waals surface area (Å²) in [4.78, 5) is 28.3. The van der Waals surface area contributed by atoms with Crippen molar-refractivity contribution >= 4 is 24.0 Å².